The van der Waals surface area contributed by atoms with Crippen molar-refractivity contribution in [2.24, 2.45) is 0 Å². The van der Waals surface area contributed by atoms with Gasteiger partial charge in [0, 0.05) is 6.07 Å². The number of halogens is 1. The molecule has 0 bridgehead atoms. The summed E-state index contributed by atoms with van der Waals surface area (Å²) in [5.41, 5.74) is 3.70. The maximum atomic E-state index is 13.3. The number of aromatic carboxylic acids is 1. The number of carboxylic acids is 1. The summed E-state index contributed by atoms with van der Waals surface area (Å²) in [6.45, 7) is 0. The summed E-state index contributed by atoms with van der Waals surface area (Å²) >= 11 is 0. The zero-order valence-electron chi connectivity index (χ0n) is 17.3. The SMILES string of the molecule is O=C(O)c1ccc(-c2ccc(F)cc2)cc1C=Cc1ccc(-c2ccccc2)cc1[N+](=O)[O-]. The molecule has 6 heteroatoms. The summed E-state index contributed by atoms with van der Waals surface area (Å²) in [6.07, 6.45) is 3.07. The number of hydrogen-bond donors (Lipinski definition) is 1. The zero-order valence-corrected chi connectivity index (χ0v) is 17.3. The summed E-state index contributed by atoms with van der Waals surface area (Å²) in [4.78, 5) is 23.0. The number of hydrogen-bond acceptors (Lipinski definition) is 3. The molecule has 0 amide bonds. The Hall–Kier alpha value is -4.58. The lowest BCUT2D eigenvalue weighted by molar-refractivity contribution is -0.385. The summed E-state index contributed by atoms with van der Waals surface area (Å²) in [7, 11) is 0. The van der Waals surface area contributed by atoms with E-state index in [-0.39, 0.29) is 17.1 Å². The van der Waals surface area contributed by atoms with Gasteiger partial charge in [-0.05, 0) is 64.2 Å². The molecule has 0 atom stereocenters. The quantitative estimate of drug-likeness (QED) is 0.201. The van der Waals surface area contributed by atoms with E-state index in [2.05, 4.69) is 0 Å². The maximum Gasteiger partial charge on any atom is 0.336 e. The summed E-state index contributed by atoms with van der Waals surface area (Å²) in [5.74, 6) is -1.48. The monoisotopic (exact) mass is 439 g/mol. The van der Waals surface area contributed by atoms with Gasteiger partial charge < -0.3 is 5.11 Å². The number of nitrogens with zero attached hydrogens (tertiary/aromatic N) is 1. The van der Waals surface area contributed by atoms with E-state index in [4.69, 9.17) is 0 Å². The Morgan fingerprint density at radius 1 is 0.758 bits per heavy atom. The molecule has 1 N–H and O–H groups in total. The molecule has 0 saturated carbocycles. The minimum Gasteiger partial charge on any atom is -0.478 e. The Labute approximate surface area is 189 Å². The molecule has 0 fully saturated rings. The maximum absolute atomic E-state index is 13.3. The molecule has 5 nitrogen and oxygen atoms in total. The van der Waals surface area contributed by atoms with Crippen molar-refractivity contribution in [1.29, 1.82) is 0 Å². The van der Waals surface area contributed by atoms with E-state index < -0.39 is 10.9 Å². The van der Waals surface area contributed by atoms with E-state index in [1.54, 1.807) is 42.5 Å². The van der Waals surface area contributed by atoms with Crippen LogP contribution >= 0.6 is 0 Å². The van der Waals surface area contributed by atoms with Crippen molar-refractivity contribution in [1.82, 2.24) is 0 Å². The third kappa shape index (κ3) is 4.85. The van der Waals surface area contributed by atoms with Crippen molar-refractivity contribution in [3.05, 3.63) is 124 Å². The Morgan fingerprint density at radius 3 is 2.00 bits per heavy atom. The lowest BCUT2D eigenvalue weighted by atomic mass is 9.97. The molecule has 4 rings (SSSR count). The van der Waals surface area contributed by atoms with Crippen LogP contribution in [0.5, 0.6) is 0 Å². The number of benzene rings is 4. The van der Waals surface area contributed by atoms with Gasteiger partial charge in [-0.25, -0.2) is 9.18 Å². The number of carboxylic acid groups (broad SMARTS) is 1. The van der Waals surface area contributed by atoms with Gasteiger partial charge in [0.05, 0.1) is 16.1 Å². The van der Waals surface area contributed by atoms with Gasteiger partial charge in [0.2, 0.25) is 0 Å². The van der Waals surface area contributed by atoms with E-state index in [0.29, 0.717) is 22.3 Å². The van der Waals surface area contributed by atoms with Gasteiger partial charge in [-0.15, -0.1) is 0 Å². The third-order valence-electron chi connectivity index (χ3n) is 5.24. The number of nitro groups is 1. The lowest BCUT2D eigenvalue weighted by Crippen LogP contribution is -1.99. The predicted molar refractivity (Wildman–Crippen MR) is 126 cm³/mol. The topological polar surface area (TPSA) is 80.4 Å². The second-order valence-corrected chi connectivity index (χ2v) is 7.34. The third-order valence-corrected chi connectivity index (χ3v) is 5.24. The van der Waals surface area contributed by atoms with Gasteiger partial charge in [-0.1, -0.05) is 60.7 Å². The Bertz CT molecular complexity index is 1360. The number of rotatable bonds is 6. The second kappa shape index (κ2) is 9.28. The summed E-state index contributed by atoms with van der Waals surface area (Å²) in [6, 6.07) is 24.9. The van der Waals surface area contributed by atoms with Gasteiger partial charge in [0.15, 0.2) is 0 Å². The molecule has 0 heterocycles. The first-order valence-electron chi connectivity index (χ1n) is 10.1. The predicted octanol–water partition coefficient (Wildman–Crippen LogP) is 6.94. The Kier molecular flexibility index (Phi) is 6.09. The van der Waals surface area contributed by atoms with Crippen LogP contribution in [-0.2, 0) is 0 Å². The van der Waals surface area contributed by atoms with Crippen LogP contribution in [0.15, 0.2) is 91.0 Å². The normalized spacial score (nSPS) is 10.9. The summed E-state index contributed by atoms with van der Waals surface area (Å²) in [5, 5.41) is 21.3. The lowest BCUT2D eigenvalue weighted by Gasteiger charge is -2.07. The Balaban J connectivity index is 1.74. The van der Waals surface area contributed by atoms with E-state index in [1.165, 1.54) is 30.3 Å². The Morgan fingerprint density at radius 2 is 1.33 bits per heavy atom. The molecule has 0 aromatic heterocycles. The second-order valence-electron chi connectivity index (χ2n) is 7.34. The van der Waals surface area contributed by atoms with Crippen molar-refractivity contribution >= 4 is 23.8 Å². The molecule has 0 unspecified atom stereocenters. The van der Waals surface area contributed by atoms with Gasteiger partial charge in [-0.3, -0.25) is 10.1 Å². The molecule has 0 saturated heterocycles. The first kappa shape index (κ1) is 21.6. The van der Waals surface area contributed by atoms with Crippen molar-refractivity contribution < 1.29 is 19.2 Å². The van der Waals surface area contributed by atoms with Crippen LogP contribution in [0.2, 0.25) is 0 Å². The molecule has 0 radical (unpaired) electrons. The number of carbonyl (C=O) groups is 1. The fraction of sp³-hybridized carbons (Fsp3) is 0. The van der Waals surface area contributed by atoms with Crippen LogP contribution < -0.4 is 0 Å². The van der Waals surface area contributed by atoms with E-state index in [9.17, 15) is 24.4 Å². The standard InChI is InChI=1S/C27H18FNO4/c28-24-13-10-19(11-14-24)21-12-15-25(27(30)31)23(16-21)9-7-20-6-8-22(17-26(20)29(32)33)18-4-2-1-3-5-18/h1-17H,(H,30,31). The van der Waals surface area contributed by atoms with Crippen LogP contribution in [0.1, 0.15) is 21.5 Å². The highest BCUT2D eigenvalue weighted by Gasteiger charge is 2.15. The first-order valence-corrected chi connectivity index (χ1v) is 10.1. The minimum atomic E-state index is -1.12. The largest absolute Gasteiger partial charge is 0.478 e. The van der Waals surface area contributed by atoms with Crippen LogP contribution in [0.25, 0.3) is 34.4 Å². The highest BCUT2D eigenvalue weighted by molar-refractivity contribution is 5.95. The first-order chi connectivity index (χ1) is 15.9. The minimum absolute atomic E-state index is 0.0562. The van der Waals surface area contributed by atoms with E-state index in [0.717, 1.165) is 11.1 Å². The van der Waals surface area contributed by atoms with Gasteiger partial charge in [0.1, 0.15) is 5.82 Å². The van der Waals surface area contributed by atoms with Crippen molar-refractivity contribution in [2.75, 3.05) is 0 Å². The van der Waals surface area contributed by atoms with Crippen LogP contribution in [0.3, 0.4) is 0 Å². The van der Waals surface area contributed by atoms with Crippen molar-refractivity contribution in [3.8, 4) is 22.3 Å². The molecule has 0 aliphatic carbocycles. The molecule has 4 aromatic carbocycles. The van der Waals surface area contributed by atoms with Crippen molar-refractivity contribution in [2.45, 2.75) is 0 Å². The summed E-state index contributed by atoms with van der Waals surface area (Å²) < 4.78 is 13.3. The molecule has 33 heavy (non-hydrogen) atoms. The molecule has 0 aliphatic rings. The van der Waals surface area contributed by atoms with Gasteiger partial charge >= 0.3 is 5.97 Å². The highest BCUT2D eigenvalue weighted by atomic mass is 19.1. The average molecular weight is 439 g/mol. The number of nitro benzene ring substituents is 1. The van der Waals surface area contributed by atoms with Gasteiger partial charge in [0.25, 0.3) is 5.69 Å². The van der Waals surface area contributed by atoms with Crippen LogP contribution in [0, 0.1) is 15.9 Å². The van der Waals surface area contributed by atoms with E-state index >= 15 is 0 Å². The molecule has 0 spiro atoms. The average Bonchev–Trinajstić information content (AvgIpc) is 2.83. The molecule has 0 aliphatic heterocycles. The molecular weight excluding hydrogens is 421 g/mol. The van der Waals surface area contributed by atoms with Crippen LogP contribution in [0.4, 0.5) is 10.1 Å². The fourth-order valence-electron chi connectivity index (χ4n) is 3.55. The van der Waals surface area contributed by atoms with E-state index in [1.807, 2.05) is 30.3 Å². The molecule has 4 aromatic rings. The molecule has 162 valence electrons. The van der Waals surface area contributed by atoms with Crippen molar-refractivity contribution in [3.63, 3.8) is 0 Å². The fourth-order valence-corrected chi connectivity index (χ4v) is 3.55. The molecular formula is C27H18FNO4. The zero-order chi connectivity index (χ0) is 23.4. The smallest absolute Gasteiger partial charge is 0.336 e. The van der Waals surface area contributed by atoms with Crippen LogP contribution in [-0.4, -0.2) is 16.0 Å². The van der Waals surface area contributed by atoms with Gasteiger partial charge in [-0.2, -0.15) is 0 Å². The highest BCUT2D eigenvalue weighted by Crippen LogP contribution is 2.30.